The molecule has 0 saturated heterocycles. The normalized spacial score (nSPS) is 11.1. The van der Waals surface area contributed by atoms with Crippen LogP contribution in [-0.2, 0) is 0 Å². The van der Waals surface area contributed by atoms with Crippen molar-refractivity contribution in [2.45, 2.75) is 6.18 Å². The van der Waals surface area contributed by atoms with Crippen molar-refractivity contribution in [3.8, 4) is 5.75 Å². The van der Waals surface area contributed by atoms with Crippen molar-refractivity contribution in [2.75, 3.05) is 6.61 Å². The largest absolute Gasteiger partial charge is 0.478 e. The number of carboxylic acids is 1. The highest BCUT2D eigenvalue weighted by atomic mass is 19.4. The molecule has 0 saturated carbocycles. The standard InChI is InChI=1S/C8H6F3NO3/c9-8(10,11)4-15-5-1-2-6(7(13)14)12-3-5/h1-3H,4H2,(H,13,14)/p+1. The van der Waals surface area contributed by atoms with E-state index in [2.05, 4.69) is 9.72 Å². The Bertz CT molecular complexity index is 347. The second-order valence-electron chi connectivity index (χ2n) is 2.65. The molecule has 0 atom stereocenters. The lowest BCUT2D eigenvalue weighted by Gasteiger charge is -2.06. The smallest absolute Gasteiger partial charge is 0.422 e. The van der Waals surface area contributed by atoms with E-state index in [9.17, 15) is 18.0 Å². The first-order chi connectivity index (χ1) is 6.88. The van der Waals surface area contributed by atoms with Crippen molar-refractivity contribution in [3.63, 3.8) is 0 Å². The van der Waals surface area contributed by atoms with E-state index in [1.54, 1.807) is 0 Å². The van der Waals surface area contributed by atoms with E-state index in [-0.39, 0.29) is 11.4 Å². The molecule has 1 aromatic heterocycles. The average Bonchev–Trinajstić information content (AvgIpc) is 2.14. The Morgan fingerprint density at radius 1 is 1.47 bits per heavy atom. The summed E-state index contributed by atoms with van der Waals surface area (Å²) in [6.07, 6.45) is -3.36. The van der Waals surface area contributed by atoms with E-state index in [1.807, 2.05) is 0 Å². The first-order valence-electron chi connectivity index (χ1n) is 3.83. The molecule has 0 radical (unpaired) electrons. The summed E-state index contributed by atoms with van der Waals surface area (Å²) in [5.41, 5.74) is -0.130. The summed E-state index contributed by atoms with van der Waals surface area (Å²) in [6.45, 7) is -1.41. The lowest BCUT2D eigenvalue weighted by Crippen LogP contribution is -2.21. The molecule has 2 N–H and O–H groups in total. The molecular formula is C8H7F3NO3+. The van der Waals surface area contributed by atoms with Gasteiger partial charge in [0.05, 0.1) is 0 Å². The molecule has 0 aliphatic carbocycles. The van der Waals surface area contributed by atoms with E-state index in [1.165, 1.54) is 0 Å². The van der Waals surface area contributed by atoms with Crippen LogP contribution in [0.15, 0.2) is 18.3 Å². The molecule has 0 bridgehead atoms. The molecule has 15 heavy (non-hydrogen) atoms. The fourth-order valence-electron chi connectivity index (χ4n) is 0.799. The first kappa shape index (κ1) is 11.3. The molecule has 7 heteroatoms. The number of nitrogens with one attached hydrogen (secondary N) is 1. The molecule has 82 valence electrons. The summed E-state index contributed by atoms with van der Waals surface area (Å²) >= 11 is 0. The molecule has 0 amide bonds. The van der Waals surface area contributed by atoms with Crippen molar-refractivity contribution < 1.29 is 32.8 Å². The second-order valence-corrected chi connectivity index (χ2v) is 2.65. The number of rotatable bonds is 3. The summed E-state index contributed by atoms with van der Waals surface area (Å²) in [6, 6.07) is 2.26. The number of carbonyl (C=O) groups is 1. The van der Waals surface area contributed by atoms with Crippen LogP contribution in [-0.4, -0.2) is 23.9 Å². The first-order valence-corrected chi connectivity index (χ1v) is 3.83. The molecule has 1 aromatic rings. The predicted octanol–water partition coefficient (Wildman–Crippen LogP) is 1.14. The summed E-state index contributed by atoms with van der Waals surface area (Å²) in [5, 5.41) is 8.48. The Labute approximate surface area is 82.3 Å². The second kappa shape index (κ2) is 4.16. The van der Waals surface area contributed by atoms with Crippen LogP contribution in [0.4, 0.5) is 13.2 Å². The molecule has 0 aromatic carbocycles. The molecule has 0 unspecified atom stereocenters. The average molecular weight is 222 g/mol. The van der Waals surface area contributed by atoms with Gasteiger partial charge in [0.15, 0.2) is 12.4 Å². The van der Waals surface area contributed by atoms with Crippen molar-refractivity contribution in [1.82, 2.24) is 0 Å². The molecule has 1 heterocycles. The number of aromatic nitrogens is 1. The van der Waals surface area contributed by atoms with Crippen molar-refractivity contribution in [1.29, 1.82) is 0 Å². The zero-order valence-corrected chi connectivity index (χ0v) is 7.34. The number of H-pyrrole nitrogens is 1. The lowest BCUT2D eigenvalue weighted by atomic mass is 10.3. The van der Waals surface area contributed by atoms with Crippen LogP contribution in [0.5, 0.6) is 5.75 Å². The molecular weight excluding hydrogens is 215 g/mol. The minimum atomic E-state index is -4.41. The zero-order chi connectivity index (χ0) is 11.5. The lowest BCUT2D eigenvalue weighted by molar-refractivity contribution is -0.384. The van der Waals surface area contributed by atoms with Gasteiger partial charge in [-0.15, -0.1) is 0 Å². The third kappa shape index (κ3) is 3.84. The minimum Gasteiger partial charge on any atom is -0.478 e. The van der Waals surface area contributed by atoms with Gasteiger partial charge in [-0.05, 0) is 6.07 Å². The molecule has 4 nitrogen and oxygen atoms in total. The van der Waals surface area contributed by atoms with Gasteiger partial charge in [-0.1, -0.05) is 0 Å². The number of pyridine rings is 1. The molecule has 0 spiro atoms. The Balaban J connectivity index is 2.61. The minimum absolute atomic E-state index is 0.0719. The maximum Gasteiger partial charge on any atom is 0.422 e. The number of ether oxygens (including phenoxy) is 1. The third-order valence-electron chi connectivity index (χ3n) is 1.42. The predicted molar refractivity (Wildman–Crippen MR) is 41.5 cm³/mol. The Hall–Kier alpha value is -1.79. The Kier molecular flexibility index (Phi) is 3.13. The quantitative estimate of drug-likeness (QED) is 0.834. The van der Waals surface area contributed by atoms with Crippen LogP contribution in [0.1, 0.15) is 10.5 Å². The van der Waals surface area contributed by atoms with Gasteiger partial charge in [-0.2, -0.15) is 13.2 Å². The fraction of sp³-hybridized carbons (Fsp3) is 0.250. The van der Waals surface area contributed by atoms with Gasteiger partial charge in [0.25, 0.3) is 5.69 Å². The van der Waals surface area contributed by atoms with Crippen LogP contribution in [0.25, 0.3) is 0 Å². The van der Waals surface area contributed by atoms with Crippen molar-refractivity contribution >= 4 is 5.97 Å². The van der Waals surface area contributed by atoms with E-state index in [0.29, 0.717) is 0 Å². The molecule has 0 aliphatic heterocycles. The summed E-state index contributed by atoms with van der Waals surface area (Å²) in [4.78, 5) is 12.7. The number of carboxylic acid groups (broad SMARTS) is 1. The van der Waals surface area contributed by atoms with Crippen LogP contribution >= 0.6 is 0 Å². The Morgan fingerprint density at radius 3 is 2.53 bits per heavy atom. The molecule has 0 aliphatic rings. The number of halogens is 3. The van der Waals surface area contributed by atoms with Gasteiger partial charge in [0.2, 0.25) is 6.20 Å². The highest BCUT2D eigenvalue weighted by Gasteiger charge is 2.28. The monoisotopic (exact) mass is 222 g/mol. The highest BCUT2D eigenvalue weighted by Crippen LogP contribution is 2.16. The van der Waals surface area contributed by atoms with E-state index < -0.39 is 18.8 Å². The van der Waals surface area contributed by atoms with Crippen LogP contribution in [0.3, 0.4) is 0 Å². The molecule has 1 rings (SSSR count). The summed E-state index contributed by atoms with van der Waals surface area (Å²) < 4.78 is 39.5. The number of hydrogen-bond acceptors (Lipinski definition) is 2. The van der Waals surface area contributed by atoms with Gasteiger partial charge >= 0.3 is 12.1 Å². The van der Waals surface area contributed by atoms with E-state index >= 15 is 0 Å². The SMILES string of the molecule is O=C(O)c1ccc(OCC(F)(F)F)c[nH+]1. The third-order valence-corrected chi connectivity index (χ3v) is 1.42. The maximum absolute atomic E-state index is 11.7. The summed E-state index contributed by atoms with van der Waals surface area (Å²) in [7, 11) is 0. The Morgan fingerprint density at radius 2 is 2.13 bits per heavy atom. The number of aromatic carboxylic acids is 1. The van der Waals surface area contributed by atoms with Gasteiger partial charge in [0.1, 0.15) is 0 Å². The maximum atomic E-state index is 11.7. The number of aromatic amines is 1. The van der Waals surface area contributed by atoms with Crippen LogP contribution in [0, 0.1) is 0 Å². The van der Waals surface area contributed by atoms with Crippen LogP contribution < -0.4 is 9.72 Å². The highest BCUT2D eigenvalue weighted by molar-refractivity contribution is 5.83. The number of hydrogen-bond donors (Lipinski definition) is 1. The van der Waals surface area contributed by atoms with Gasteiger partial charge in [-0.3, -0.25) is 0 Å². The number of alkyl halides is 3. The van der Waals surface area contributed by atoms with Crippen LogP contribution in [0.2, 0.25) is 0 Å². The van der Waals surface area contributed by atoms with Gasteiger partial charge in [0, 0.05) is 6.07 Å². The fourth-order valence-corrected chi connectivity index (χ4v) is 0.799. The van der Waals surface area contributed by atoms with Crippen molar-refractivity contribution in [2.24, 2.45) is 0 Å². The van der Waals surface area contributed by atoms with Gasteiger partial charge < -0.3 is 9.84 Å². The van der Waals surface area contributed by atoms with E-state index in [0.717, 1.165) is 18.3 Å². The zero-order valence-electron chi connectivity index (χ0n) is 7.34. The van der Waals surface area contributed by atoms with E-state index in [4.69, 9.17) is 5.11 Å². The van der Waals surface area contributed by atoms with Crippen molar-refractivity contribution in [3.05, 3.63) is 24.0 Å². The van der Waals surface area contributed by atoms with Gasteiger partial charge in [-0.25, -0.2) is 9.78 Å². The topological polar surface area (TPSA) is 60.7 Å². The summed E-state index contributed by atoms with van der Waals surface area (Å²) in [5.74, 6) is -1.27. The molecule has 0 fully saturated rings.